The van der Waals surface area contributed by atoms with Gasteiger partial charge in [0.15, 0.2) is 5.82 Å². The quantitative estimate of drug-likeness (QED) is 0.535. The van der Waals surface area contributed by atoms with Gasteiger partial charge in [-0.1, -0.05) is 0 Å². The lowest BCUT2D eigenvalue weighted by Crippen LogP contribution is -2.55. The molecule has 210 valence electrons. The van der Waals surface area contributed by atoms with Crippen LogP contribution in [0.3, 0.4) is 0 Å². The zero-order chi connectivity index (χ0) is 27.5. The zero-order valence-electron chi connectivity index (χ0n) is 22.3. The highest BCUT2D eigenvalue weighted by molar-refractivity contribution is 5.88. The molecule has 3 amide bonds. The Morgan fingerprint density at radius 2 is 2.00 bits per heavy atom. The standard InChI is InChI=1S/C25H34FN9O4/c1-4-38-22-12-28-21(11-29-22)31-24(36)34(3)18-14-35(8-6-16(18)26)23-27-7-5-20(30-23)32-25(37)39-19-10-15-9-17(19)33(2)13-15/h5,7,11-12,15-19H,4,6,8-10,13-14H2,1-3H3,(H,28,31,36)(H,27,30,32,37)/t15-,16+,17+,18-,19-/m0/s1. The smallest absolute Gasteiger partial charge is 0.413 e. The number of nitrogens with zero attached hydrogens (tertiary/aromatic N) is 7. The third kappa shape index (κ3) is 6.10. The van der Waals surface area contributed by atoms with Crippen molar-refractivity contribution < 1.29 is 23.5 Å². The van der Waals surface area contributed by atoms with Crippen LogP contribution in [0.2, 0.25) is 0 Å². The monoisotopic (exact) mass is 543 g/mol. The minimum atomic E-state index is -1.24. The van der Waals surface area contributed by atoms with Crippen molar-refractivity contribution in [3.05, 3.63) is 24.7 Å². The Bertz CT molecular complexity index is 1170. The molecular weight excluding hydrogens is 509 g/mol. The molecule has 3 fully saturated rings. The molecule has 13 nitrogen and oxygen atoms in total. The van der Waals surface area contributed by atoms with Crippen LogP contribution in [0.25, 0.3) is 0 Å². The van der Waals surface area contributed by atoms with E-state index in [2.05, 4.69) is 42.5 Å². The van der Waals surface area contributed by atoms with Crippen LogP contribution in [0, 0.1) is 5.92 Å². The Kier molecular flexibility index (Phi) is 7.91. The van der Waals surface area contributed by atoms with E-state index in [1.807, 2.05) is 6.92 Å². The number of piperidine rings is 2. The van der Waals surface area contributed by atoms with Crippen LogP contribution in [0.1, 0.15) is 26.2 Å². The van der Waals surface area contributed by atoms with Gasteiger partial charge < -0.3 is 19.3 Å². The summed E-state index contributed by atoms with van der Waals surface area (Å²) >= 11 is 0. The fourth-order valence-corrected chi connectivity index (χ4v) is 5.60. The number of amides is 3. The van der Waals surface area contributed by atoms with E-state index < -0.39 is 24.3 Å². The molecule has 0 unspecified atom stereocenters. The van der Waals surface area contributed by atoms with Gasteiger partial charge in [-0.15, -0.1) is 0 Å². The number of carbonyl (C=O) groups excluding carboxylic acids is 2. The van der Waals surface area contributed by atoms with E-state index >= 15 is 0 Å². The van der Waals surface area contributed by atoms with Gasteiger partial charge in [0.2, 0.25) is 11.8 Å². The number of ether oxygens (including phenoxy) is 2. The van der Waals surface area contributed by atoms with Crippen molar-refractivity contribution >= 4 is 29.7 Å². The fourth-order valence-electron chi connectivity index (χ4n) is 5.60. The number of aromatic nitrogens is 4. The lowest BCUT2D eigenvalue weighted by molar-refractivity contribution is 0.0492. The molecule has 2 N–H and O–H groups in total. The van der Waals surface area contributed by atoms with Crippen molar-refractivity contribution in [2.75, 3.05) is 55.9 Å². The lowest BCUT2D eigenvalue weighted by atomic mass is 10.0. The van der Waals surface area contributed by atoms with Crippen LogP contribution in [-0.2, 0) is 4.74 Å². The summed E-state index contributed by atoms with van der Waals surface area (Å²) in [6.07, 6.45) is 4.51. The molecule has 2 bridgehead atoms. The van der Waals surface area contributed by atoms with E-state index in [0.717, 1.165) is 19.4 Å². The summed E-state index contributed by atoms with van der Waals surface area (Å²) in [7, 11) is 3.58. The van der Waals surface area contributed by atoms with Crippen molar-refractivity contribution in [1.29, 1.82) is 0 Å². The molecule has 2 aromatic heterocycles. The number of fused-ring (bicyclic) bond motifs is 2. The van der Waals surface area contributed by atoms with Gasteiger partial charge in [0.05, 0.1) is 25.0 Å². The minimum Gasteiger partial charge on any atom is -0.477 e. The number of likely N-dealkylation sites (tertiary alicyclic amines) is 1. The number of hydrogen-bond acceptors (Lipinski definition) is 10. The van der Waals surface area contributed by atoms with E-state index in [4.69, 9.17) is 9.47 Å². The molecule has 2 aromatic rings. The van der Waals surface area contributed by atoms with Crippen molar-refractivity contribution in [3.63, 3.8) is 0 Å². The van der Waals surface area contributed by atoms with Crippen molar-refractivity contribution in [2.45, 2.75) is 50.5 Å². The second-order valence-corrected chi connectivity index (χ2v) is 10.2. The maximum absolute atomic E-state index is 15.0. The number of carbonyl (C=O) groups is 2. The Labute approximate surface area is 226 Å². The summed E-state index contributed by atoms with van der Waals surface area (Å²) < 4.78 is 25.9. The molecule has 5 rings (SSSR count). The van der Waals surface area contributed by atoms with E-state index in [1.165, 1.54) is 30.5 Å². The zero-order valence-corrected chi connectivity index (χ0v) is 22.3. The number of alkyl halides is 1. The summed E-state index contributed by atoms with van der Waals surface area (Å²) in [4.78, 5) is 47.7. The van der Waals surface area contributed by atoms with Gasteiger partial charge in [-0.05, 0) is 45.2 Å². The molecule has 2 aliphatic heterocycles. The van der Waals surface area contributed by atoms with Crippen LogP contribution < -0.4 is 20.3 Å². The molecule has 1 saturated carbocycles. The first-order valence-corrected chi connectivity index (χ1v) is 13.2. The number of anilines is 3. The van der Waals surface area contributed by atoms with Gasteiger partial charge in [-0.2, -0.15) is 4.98 Å². The molecule has 2 saturated heterocycles. The molecule has 4 heterocycles. The van der Waals surface area contributed by atoms with Gasteiger partial charge in [-0.25, -0.2) is 28.9 Å². The molecule has 14 heteroatoms. The number of hydrogen-bond donors (Lipinski definition) is 2. The number of rotatable bonds is 7. The van der Waals surface area contributed by atoms with Gasteiger partial charge in [-0.3, -0.25) is 15.5 Å². The number of likely N-dealkylation sites (N-methyl/N-ethyl adjacent to an activating group) is 2. The summed E-state index contributed by atoms with van der Waals surface area (Å²) in [5.41, 5.74) is 0. The maximum Gasteiger partial charge on any atom is 0.413 e. The summed E-state index contributed by atoms with van der Waals surface area (Å²) in [5.74, 6) is 1.77. The van der Waals surface area contributed by atoms with Crippen LogP contribution >= 0.6 is 0 Å². The largest absolute Gasteiger partial charge is 0.477 e. The van der Waals surface area contributed by atoms with Gasteiger partial charge >= 0.3 is 12.1 Å². The molecule has 39 heavy (non-hydrogen) atoms. The average molecular weight is 544 g/mol. The predicted octanol–water partition coefficient (Wildman–Crippen LogP) is 2.39. The average Bonchev–Trinajstić information content (AvgIpc) is 3.49. The summed E-state index contributed by atoms with van der Waals surface area (Å²) in [6, 6.07) is 0.563. The molecule has 0 aromatic carbocycles. The molecule has 5 atom stereocenters. The van der Waals surface area contributed by atoms with E-state index in [-0.39, 0.29) is 30.9 Å². The maximum atomic E-state index is 15.0. The second kappa shape index (κ2) is 11.5. The van der Waals surface area contributed by atoms with E-state index in [0.29, 0.717) is 36.7 Å². The normalized spacial score (nSPS) is 26.3. The highest BCUT2D eigenvalue weighted by atomic mass is 19.1. The lowest BCUT2D eigenvalue weighted by Gasteiger charge is -2.39. The van der Waals surface area contributed by atoms with E-state index in [1.54, 1.807) is 11.0 Å². The second-order valence-electron chi connectivity index (χ2n) is 10.2. The first-order valence-electron chi connectivity index (χ1n) is 13.2. The molecule has 0 spiro atoms. The SMILES string of the molecule is CCOc1cnc(NC(=O)N(C)[C@H]2CN(c3nccc(NC(=O)O[C@H]4C[C@@H]5C[C@H]4N(C)C5)n3)CC[C@H]2F)cn1. The third-order valence-electron chi connectivity index (χ3n) is 7.57. The van der Waals surface area contributed by atoms with Crippen LogP contribution in [0.15, 0.2) is 24.7 Å². The highest BCUT2D eigenvalue weighted by Crippen LogP contribution is 2.38. The summed E-state index contributed by atoms with van der Waals surface area (Å²) in [5, 5.41) is 5.33. The van der Waals surface area contributed by atoms with Crippen molar-refractivity contribution in [1.82, 2.24) is 29.7 Å². The Morgan fingerprint density at radius 3 is 2.72 bits per heavy atom. The molecule has 3 aliphatic rings. The number of nitrogens with one attached hydrogen (secondary N) is 2. The Hall–Kier alpha value is -3.81. The van der Waals surface area contributed by atoms with Gasteiger partial charge in [0, 0.05) is 38.9 Å². The Balaban J connectivity index is 1.18. The molecule has 1 aliphatic carbocycles. The first-order chi connectivity index (χ1) is 18.8. The van der Waals surface area contributed by atoms with Gasteiger partial charge in [0.25, 0.3) is 0 Å². The molecular formula is C25H34FN9O4. The van der Waals surface area contributed by atoms with Crippen molar-refractivity contribution in [2.24, 2.45) is 5.92 Å². The topological polar surface area (TPSA) is 138 Å². The first kappa shape index (κ1) is 26.8. The number of urea groups is 1. The highest BCUT2D eigenvalue weighted by Gasteiger charge is 2.45. The van der Waals surface area contributed by atoms with E-state index in [9.17, 15) is 14.0 Å². The van der Waals surface area contributed by atoms with Gasteiger partial charge in [0.1, 0.15) is 18.1 Å². The number of halogens is 1. The fraction of sp³-hybridized carbons (Fsp3) is 0.600. The van der Waals surface area contributed by atoms with Crippen LogP contribution in [0.4, 0.5) is 31.6 Å². The Morgan fingerprint density at radius 1 is 1.15 bits per heavy atom. The van der Waals surface area contributed by atoms with Crippen LogP contribution in [-0.4, -0.2) is 107 Å². The van der Waals surface area contributed by atoms with Crippen LogP contribution in [0.5, 0.6) is 5.88 Å². The third-order valence-corrected chi connectivity index (χ3v) is 7.57. The molecule has 0 radical (unpaired) electrons. The summed E-state index contributed by atoms with van der Waals surface area (Å²) in [6.45, 7) is 3.86. The van der Waals surface area contributed by atoms with Crippen molar-refractivity contribution in [3.8, 4) is 5.88 Å². The minimum absolute atomic E-state index is 0.130. The predicted molar refractivity (Wildman–Crippen MR) is 141 cm³/mol.